The quantitative estimate of drug-likeness (QED) is 0.864. The van der Waals surface area contributed by atoms with Crippen LogP contribution in [0, 0.1) is 23.6 Å². The average Bonchev–Trinajstić information content (AvgIpc) is 2.36. The fourth-order valence-electron chi connectivity index (χ4n) is 3.31. The first-order chi connectivity index (χ1) is 9.10. The van der Waals surface area contributed by atoms with Crippen LogP contribution in [-0.2, 0) is 6.42 Å². The van der Waals surface area contributed by atoms with Crippen LogP contribution in [0.25, 0.3) is 0 Å². The lowest BCUT2D eigenvalue weighted by atomic mass is 9.72. The lowest BCUT2D eigenvalue weighted by Gasteiger charge is -2.35. The zero-order chi connectivity index (χ0) is 13.8. The molecule has 2 rings (SSSR count). The Morgan fingerprint density at radius 1 is 1.32 bits per heavy atom. The predicted molar refractivity (Wildman–Crippen MR) is 81.7 cm³/mol. The second-order valence-electron chi connectivity index (χ2n) is 5.94. The Balaban J connectivity index is 2.09. The van der Waals surface area contributed by atoms with E-state index in [0.29, 0.717) is 11.8 Å². The van der Waals surface area contributed by atoms with Gasteiger partial charge in [-0.25, -0.2) is 4.39 Å². The van der Waals surface area contributed by atoms with E-state index in [0.717, 1.165) is 28.9 Å². The fraction of sp³-hybridized carbons (Fsp3) is 0.625. The summed E-state index contributed by atoms with van der Waals surface area (Å²) in [6.45, 7) is 3.37. The topological polar surface area (TPSA) is 12.0 Å². The van der Waals surface area contributed by atoms with Crippen LogP contribution < -0.4 is 5.32 Å². The summed E-state index contributed by atoms with van der Waals surface area (Å²) in [6, 6.07) is 5.45. The molecular weight excluding hydrogens is 305 g/mol. The number of benzene rings is 1. The van der Waals surface area contributed by atoms with E-state index in [1.807, 2.05) is 19.2 Å². The predicted octanol–water partition coefficient (Wildman–Crippen LogP) is 4.40. The van der Waals surface area contributed by atoms with E-state index in [9.17, 15) is 4.39 Å². The number of rotatable bonds is 4. The molecule has 1 aromatic rings. The van der Waals surface area contributed by atoms with Crippen molar-refractivity contribution in [2.75, 3.05) is 13.6 Å². The first-order valence-electron chi connectivity index (χ1n) is 7.18. The molecule has 3 heteroatoms. The third kappa shape index (κ3) is 4.03. The molecule has 19 heavy (non-hydrogen) atoms. The van der Waals surface area contributed by atoms with Crippen molar-refractivity contribution in [2.24, 2.45) is 17.8 Å². The van der Waals surface area contributed by atoms with Crippen LogP contribution >= 0.6 is 15.9 Å². The third-order valence-corrected chi connectivity index (χ3v) is 4.86. The summed E-state index contributed by atoms with van der Waals surface area (Å²) in [7, 11) is 2.01. The number of halogens is 2. The summed E-state index contributed by atoms with van der Waals surface area (Å²) >= 11 is 3.32. The van der Waals surface area contributed by atoms with Gasteiger partial charge in [0, 0.05) is 4.47 Å². The molecule has 106 valence electrons. The molecule has 0 radical (unpaired) electrons. The maximum atomic E-state index is 14.0. The molecule has 1 nitrogen and oxygen atoms in total. The minimum Gasteiger partial charge on any atom is -0.319 e. The molecule has 0 saturated heterocycles. The second-order valence-corrected chi connectivity index (χ2v) is 6.85. The van der Waals surface area contributed by atoms with Crippen molar-refractivity contribution in [1.82, 2.24) is 5.32 Å². The molecular formula is C16H23BrFN. The summed E-state index contributed by atoms with van der Waals surface area (Å²) < 4.78 is 14.8. The van der Waals surface area contributed by atoms with E-state index >= 15 is 0 Å². The van der Waals surface area contributed by atoms with Crippen LogP contribution in [0.4, 0.5) is 4.39 Å². The molecule has 1 saturated carbocycles. The van der Waals surface area contributed by atoms with E-state index in [-0.39, 0.29) is 5.82 Å². The summed E-state index contributed by atoms with van der Waals surface area (Å²) in [5.74, 6) is 1.99. The monoisotopic (exact) mass is 327 g/mol. The second kappa shape index (κ2) is 6.85. The maximum Gasteiger partial charge on any atom is 0.127 e. The highest BCUT2D eigenvalue weighted by Crippen LogP contribution is 2.36. The summed E-state index contributed by atoms with van der Waals surface area (Å²) in [4.78, 5) is 0. The Bertz CT molecular complexity index is 421. The van der Waals surface area contributed by atoms with Gasteiger partial charge in [0.15, 0.2) is 0 Å². The van der Waals surface area contributed by atoms with Gasteiger partial charge in [-0.3, -0.25) is 0 Å². The molecule has 3 atom stereocenters. The molecule has 1 N–H and O–H groups in total. The van der Waals surface area contributed by atoms with Crippen molar-refractivity contribution in [2.45, 2.75) is 32.6 Å². The lowest BCUT2D eigenvalue weighted by molar-refractivity contribution is 0.185. The van der Waals surface area contributed by atoms with Crippen LogP contribution in [0.3, 0.4) is 0 Å². The van der Waals surface area contributed by atoms with Crippen LogP contribution in [0.1, 0.15) is 31.7 Å². The fourth-order valence-corrected chi connectivity index (χ4v) is 3.65. The highest BCUT2D eigenvalue weighted by atomic mass is 79.9. The van der Waals surface area contributed by atoms with Crippen molar-refractivity contribution in [3.63, 3.8) is 0 Å². The lowest BCUT2D eigenvalue weighted by Crippen LogP contribution is -2.32. The number of hydrogen-bond acceptors (Lipinski definition) is 1. The first kappa shape index (κ1) is 15.0. The Morgan fingerprint density at radius 3 is 2.79 bits per heavy atom. The van der Waals surface area contributed by atoms with E-state index < -0.39 is 0 Å². The van der Waals surface area contributed by atoms with Crippen molar-refractivity contribution in [3.8, 4) is 0 Å². The van der Waals surface area contributed by atoms with E-state index in [4.69, 9.17) is 0 Å². The molecule has 1 aliphatic carbocycles. The molecule has 0 aromatic heterocycles. The zero-order valence-electron chi connectivity index (χ0n) is 11.8. The van der Waals surface area contributed by atoms with Gasteiger partial charge in [0.05, 0.1) is 0 Å². The standard InChI is InChI=1S/C16H23BrFN/c1-11-3-4-13(10-19-2)14(7-11)8-12-5-6-15(17)9-16(12)18/h5-6,9,11,13-14,19H,3-4,7-8,10H2,1-2H3. The van der Waals surface area contributed by atoms with Crippen LogP contribution in [0.15, 0.2) is 22.7 Å². The SMILES string of the molecule is CNCC1CCC(C)CC1Cc1ccc(Br)cc1F. The van der Waals surface area contributed by atoms with E-state index in [1.165, 1.54) is 19.3 Å². The summed E-state index contributed by atoms with van der Waals surface area (Å²) in [5, 5.41) is 3.29. The molecule has 0 spiro atoms. The van der Waals surface area contributed by atoms with Crippen LogP contribution in [0.5, 0.6) is 0 Å². The van der Waals surface area contributed by atoms with Gasteiger partial charge in [-0.05, 0) is 68.3 Å². The minimum absolute atomic E-state index is 0.0733. The van der Waals surface area contributed by atoms with Gasteiger partial charge in [0.1, 0.15) is 5.82 Å². The minimum atomic E-state index is -0.0733. The van der Waals surface area contributed by atoms with E-state index in [2.05, 4.69) is 28.2 Å². The van der Waals surface area contributed by atoms with E-state index in [1.54, 1.807) is 6.07 Å². The highest BCUT2D eigenvalue weighted by Gasteiger charge is 2.28. The van der Waals surface area contributed by atoms with Crippen LogP contribution in [0.2, 0.25) is 0 Å². The normalized spacial score (nSPS) is 27.5. The zero-order valence-corrected chi connectivity index (χ0v) is 13.3. The van der Waals surface area contributed by atoms with Gasteiger partial charge < -0.3 is 5.32 Å². The smallest absolute Gasteiger partial charge is 0.127 e. The van der Waals surface area contributed by atoms with Gasteiger partial charge >= 0.3 is 0 Å². The molecule has 0 heterocycles. The van der Waals surface area contributed by atoms with Gasteiger partial charge in [-0.15, -0.1) is 0 Å². The number of hydrogen-bond donors (Lipinski definition) is 1. The Morgan fingerprint density at radius 2 is 2.11 bits per heavy atom. The van der Waals surface area contributed by atoms with Gasteiger partial charge in [-0.1, -0.05) is 35.3 Å². The summed E-state index contributed by atoms with van der Waals surface area (Å²) in [6.07, 6.45) is 4.67. The Kier molecular flexibility index (Phi) is 5.40. The molecule has 0 amide bonds. The van der Waals surface area contributed by atoms with Crippen molar-refractivity contribution in [1.29, 1.82) is 0 Å². The average molecular weight is 328 g/mol. The highest BCUT2D eigenvalue weighted by molar-refractivity contribution is 9.10. The van der Waals surface area contributed by atoms with Crippen molar-refractivity contribution >= 4 is 15.9 Å². The molecule has 1 fully saturated rings. The first-order valence-corrected chi connectivity index (χ1v) is 7.98. The van der Waals surface area contributed by atoms with Gasteiger partial charge in [-0.2, -0.15) is 0 Å². The largest absolute Gasteiger partial charge is 0.319 e. The molecule has 0 aliphatic heterocycles. The molecule has 1 aliphatic rings. The van der Waals surface area contributed by atoms with Gasteiger partial charge in [0.25, 0.3) is 0 Å². The molecule has 3 unspecified atom stereocenters. The van der Waals surface area contributed by atoms with Crippen molar-refractivity contribution in [3.05, 3.63) is 34.1 Å². The molecule has 0 bridgehead atoms. The summed E-state index contributed by atoms with van der Waals surface area (Å²) in [5.41, 5.74) is 0.864. The van der Waals surface area contributed by atoms with Gasteiger partial charge in [0.2, 0.25) is 0 Å². The van der Waals surface area contributed by atoms with Crippen molar-refractivity contribution < 1.29 is 4.39 Å². The Labute approximate surface area is 124 Å². The third-order valence-electron chi connectivity index (χ3n) is 4.37. The Hall–Kier alpha value is -0.410. The maximum absolute atomic E-state index is 14.0. The molecule has 1 aromatic carbocycles. The van der Waals surface area contributed by atoms with Crippen LogP contribution in [-0.4, -0.2) is 13.6 Å². The number of nitrogens with one attached hydrogen (secondary N) is 1.